The van der Waals surface area contributed by atoms with Crippen LogP contribution in [0.5, 0.6) is 5.75 Å². The predicted octanol–water partition coefficient (Wildman–Crippen LogP) is 5.66. The third kappa shape index (κ3) is 7.14. The van der Waals surface area contributed by atoms with E-state index in [4.69, 9.17) is 4.74 Å². The lowest BCUT2D eigenvalue weighted by atomic mass is 10.2. The maximum absolute atomic E-state index is 12.5. The number of carbonyl (C=O) groups is 1. The Kier molecular flexibility index (Phi) is 7.30. The number of halogens is 3. The van der Waals surface area contributed by atoms with Gasteiger partial charge >= 0.3 is 6.18 Å². The fourth-order valence-electron chi connectivity index (χ4n) is 2.66. The van der Waals surface area contributed by atoms with Crippen LogP contribution in [0.2, 0.25) is 0 Å². The molecule has 0 fully saturated rings. The summed E-state index contributed by atoms with van der Waals surface area (Å²) in [6, 6.07) is 13.4. The van der Waals surface area contributed by atoms with Crippen LogP contribution in [0.3, 0.4) is 0 Å². The molecule has 0 aliphatic carbocycles. The summed E-state index contributed by atoms with van der Waals surface area (Å²) >= 11 is 1.54. The van der Waals surface area contributed by atoms with Gasteiger partial charge in [-0.25, -0.2) is 4.98 Å². The summed E-state index contributed by atoms with van der Waals surface area (Å²) in [6.45, 7) is 1.03. The zero-order valence-corrected chi connectivity index (χ0v) is 17.4. The van der Waals surface area contributed by atoms with Crippen LogP contribution in [0.15, 0.2) is 60.0 Å². The van der Waals surface area contributed by atoms with Crippen LogP contribution in [0.1, 0.15) is 16.3 Å². The van der Waals surface area contributed by atoms with Gasteiger partial charge in [-0.15, -0.1) is 11.3 Å². The molecular formula is C22H20F3N3O2S. The lowest BCUT2D eigenvalue weighted by Gasteiger charge is -2.13. The van der Waals surface area contributed by atoms with Crippen molar-refractivity contribution in [2.45, 2.75) is 19.7 Å². The topological polar surface area (TPSA) is 63.2 Å². The molecule has 0 bridgehead atoms. The summed E-state index contributed by atoms with van der Waals surface area (Å²) in [5.74, 6) is 0.107. The Morgan fingerprint density at radius 2 is 1.84 bits per heavy atom. The van der Waals surface area contributed by atoms with E-state index in [2.05, 4.69) is 15.6 Å². The molecule has 0 aliphatic rings. The van der Waals surface area contributed by atoms with Crippen molar-refractivity contribution in [3.63, 3.8) is 0 Å². The molecule has 0 unspecified atom stereocenters. The summed E-state index contributed by atoms with van der Waals surface area (Å²) in [6.07, 6.45) is -1.48. The number of carbonyl (C=O) groups excluding carboxylic acids is 1. The molecule has 0 atom stereocenters. The van der Waals surface area contributed by atoms with Gasteiger partial charge in [-0.05, 0) is 31.2 Å². The number of thiazole rings is 1. The van der Waals surface area contributed by atoms with E-state index in [0.29, 0.717) is 17.9 Å². The van der Waals surface area contributed by atoms with Crippen LogP contribution in [-0.2, 0) is 11.4 Å². The number of aromatic nitrogens is 1. The maximum atomic E-state index is 12.5. The highest BCUT2D eigenvalue weighted by molar-refractivity contribution is 7.09. The first-order valence-electron chi connectivity index (χ1n) is 9.32. The average Bonchev–Trinajstić information content (AvgIpc) is 3.15. The van der Waals surface area contributed by atoms with E-state index >= 15 is 0 Å². The molecule has 3 aromatic rings. The Labute approximate surface area is 181 Å². The Morgan fingerprint density at radius 3 is 2.55 bits per heavy atom. The molecule has 2 N–H and O–H groups in total. The SMILES string of the molecule is Cc1nc(COc2ccccc2/C=C\C(=O)Nc2ccccc2NCC(F)(F)F)cs1. The lowest BCUT2D eigenvalue weighted by molar-refractivity contribution is -0.115. The number of para-hydroxylation sites is 3. The zero-order chi connectivity index (χ0) is 22.3. The van der Waals surface area contributed by atoms with Gasteiger partial charge < -0.3 is 15.4 Å². The van der Waals surface area contributed by atoms with Crippen LogP contribution in [0.4, 0.5) is 24.5 Å². The molecule has 0 aliphatic heterocycles. The summed E-state index contributed by atoms with van der Waals surface area (Å²) in [5.41, 5.74) is 1.95. The van der Waals surface area contributed by atoms with Crippen molar-refractivity contribution < 1.29 is 22.7 Å². The fourth-order valence-corrected chi connectivity index (χ4v) is 3.25. The quantitative estimate of drug-likeness (QED) is 0.438. The minimum atomic E-state index is -4.36. The summed E-state index contributed by atoms with van der Waals surface area (Å²) in [4.78, 5) is 16.7. The molecule has 1 heterocycles. The van der Waals surface area contributed by atoms with Gasteiger partial charge in [0.15, 0.2) is 0 Å². The molecule has 31 heavy (non-hydrogen) atoms. The van der Waals surface area contributed by atoms with E-state index in [1.165, 1.54) is 29.5 Å². The summed E-state index contributed by atoms with van der Waals surface area (Å²) in [5, 5.41) is 7.75. The van der Waals surface area contributed by atoms with Crippen molar-refractivity contribution in [1.29, 1.82) is 0 Å². The van der Waals surface area contributed by atoms with Crippen LogP contribution >= 0.6 is 11.3 Å². The van der Waals surface area contributed by atoms with Crippen molar-refractivity contribution >= 4 is 34.7 Å². The molecule has 1 amide bonds. The van der Waals surface area contributed by atoms with Crippen molar-refractivity contribution in [1.82, 2.24) is 4.98 Å². The van der Waals surface area contributed by atoms with Gasteiger partial charge in [-0.1, -0.05) is 30.3 Å². The van der Waals surface area contributed by atoms with Crippen molar-refractivity contribution in [3.05, 3.63) is 76.3 Å². The first-order valence-corrected chi connectivity index (χ1v) is 10.2. The summed E-state index contributed by atoms with van der Waals surface area (Å²) in [7, 11) is 0. The summed E-state index contributed by atoms with van der Waals surface area (Å²) < 4.78 is 43.2. The highest BCUT2D eigenvalue weighted by atomic mass is 32.1. The van der Waals surface area contributed by atoms with Gasteiger partial charge in [0.05, 0.1) is 22.1 Å². The number of amides is 1. The van der Waals surface area contributed by atoms with Crippen molar-refractivity contribution in [2.75, 3.05) is 17.2 Å². The van der Waals surface area contributed by atoms with Gasteiger partial charge in [0, 0.05) is 17.0 Å². The molecule has 5 nitrogen and oxygen atoms in total. The van der Waals surface area contributed by atoms with Gasteiger partial charge in [0.1, 0.15) is 18.9 Å². The minimum absolute atomic E-state index is 0.184. The lowest BCUT2D eigenvalue weighted by Crippen LogP contribution is -2.22. The molecule has 162 valence electrons. The smallest absolute Gasteiger partial charge is 0.405 e. The van der Waals surface area contributed by atoms with Crippen LogP contribution in [0.25, 0.3) is 6.08 Å². The second-order valence-electron chi connectivity index (χ2n) is 6.52. The number of benzene rings is 2. The Hall–Kier alpha value is -3.33. The Bertz CT molecular complexity index is 1060. The number of anilines is 2. The molecule has 0 spiro atoms. The van der Waals surface area contributed by atoms with Gasteiger partial charge in [0.25, 0.3) is 0 Å². The van der Waals surface area contributed by atoms with E-state index in [1.54, 1.807) is 30.3 Å². The standard InChI is InChI=1S/C22H20F3N3O2S/c1-15-27-17(13-31-15)12-30-20-9-5-2-6-16(20)10-11-21(29)28-19-8-4-3-7-18(19)26-14-22(23,24)25/h2-11,13,26H,12,14H2,1H3,(H,28,29)/b11-10-. The molecule has 3 rings (SSSR count). The van der Waals surface area contributed by atoms with E-state index < -0.39 is 18.6 Å². The van der Waals surface area contributed by atoms with Gasteiger partial charge in [-0.2, -0.15) is 13.2 Å². The average molecular weight is 447 g/mol. The number of alkyl halides is 3. The zero-order valence-electron chi connectivity index (χ0n) is 16.6. The highest BCUT2D eigenvalue weighted by Gasteiger charge is 2.27. The number of rotatable bonds is 8. The number of aryl methyl sites for hydroxylation is 1. The fraction of sp³-hybridized carbons (Fsp3) is 0.182. The van der Waals surface area contributed by atoms with Gasteiger partial charge in [-0.3, -0.25) is 4.79 Å². The number of hydrogen-bond donors (Lipinski definition) is 2. The predicted molar refractivity (Wildman–Crippen MR) is 116 cm³/mol. The molecule has 0 radical (unpaired) electrons. The van der Waals surface area contributed by atoms with Crippen LogP contribution < -0.4 is 15.4 Å². The number of nitrogens with one attached hydrogen (secondary N) is 2. The largest absolute Gasteiger partial charge is 0.487 e. The van der Waals surface area contributed by atoms with E-state index in [-0.39, 0.29) is 11.4 Å². The molecule has 2 aromatic carbocycles. The third-order valence-corrected chi connectivity index (χ3v) is 4.86. The third-order valence-electron chi connectivity index (χ3n) is 4.04. The van der Waals surface area contributed by atoms with E-state index in [9.17, 15) is 18.0 Å². The second kappa shape index (κ2) is 10.1. The Morgan fingerprint density at radius 1 is 1.13 bits per heavy atom. The highest BCUT2D eigenvalue weighted by Crippen LogP contribution is 2.24. The Balaban J connectivity index is 1.64. The first-order chi connectivity index (χ1) is 14.8. The molecule has 0 saturated carbocycles. The monoisotopic (exact) mass is 447 g/mol. The van der Waals surface area contributed by atoms with E-state index in [1.807, 2.05) is 24.4 Å². The molecule has 9 heteroatoms. The van der Waals surface area contributed by atoms with E-state index in [0.717, 1.165) is 10.7 Å². The normalized spacial score (nSPS) is 11.5. The molecule has 0 saturated heterocycles. The number of nitrogens with zero attached hydrogens (tertiary/aromatic N) is 1. The van der Waals surface area contributed by atoms with Crippen molar-refractivity contribution in [3.8, 4) is 5.75 Å². The van der Waals surface area contributed by atoms with Crippen LogP contribution in [-0.4, -0.2) is 23.6 Å². The van der Waals surface area contributed by atoms with Crippen LogP contribution in [0, 0.1) is 6.92 Å². The second-order valence-corrected chi connectivity index (χ2v) is 7.58. The maximum Gasteiger partial charge on any atom is 0.405 e. The minimum Gasteiger partial charge on any atom is -0.487 e. The number of hydrogen-bond acceptors (Lipinski definition) is 5. The molecule has 1 aromatic heterocycles. The van der Waals surface area contributed by atoms with Gasteiger partial charge in [0.2, 0.25) is 5.91 Å². The van der Waals surface area contributed by atoms with Crippen molar-refractivity contribution in [2.24, 2.45) is 0 Å². The molecular weight excluding hydrogens is 427 g/mol. The first kappa shape index (κ1) is 22.4. The number of ether oxygens (including phenoxy) is 1.